The van der Waals surface area contributed by atoms with E-state index < -0.39 is 9.84 Å². The van der Waals surface area contributed by atoms with Gasteiger partial charge in [0, 0.05) is 37.5 Å². The zero-order chi connectivity index (χ0) is 20.5. The summed E-state index contributed by atoms with van der Waals surface area (Å²) < 4.78 is 23.2. The lowest BCUT2D eigenvalue weighted by Gasteiger charge is -2.53. The SMILES string of the molecule is CS(=O)(=O)c1ccc(CN2CCC3(CC2)CN(C(=O)Nc2cccnc2)C3)cc1. The van der Waals surface area contributed by atoms with Gasteiger partial charge in [0.25, 0.3) is 0 Å². The highest BCUT2D eigenvalue weighted by atomic mass is 32.2. The van der Waals surface area contributed by atoms with Crippen LogP contribution in [0, 0.1) is 5.41 Å². The van der Waals surface area contributed by atoms with Gasteiger partial charge in [0.2, 0.25) is 0 Å². The Morgan fingerprint density at radius 3 is 2.41 bits per heavy atom. The van der Waals surface area contributed by atoms with Crippen molar-refractivity contribution in [3.63, 3.8) is 0 Å². The molecule has 2 aromatic rings. The van der Waals surface area contributed by atoms with Crippen LogP contribution in [0.1, 0.15) is 18.4 Å². The highest BCUT2D eigenvalue weighted by molar-refractivity contribution is 7.90. The second-order valence-electron chi connectivity index (χ2n) is 8.22. The minimum absolute atomic E-state index is 0.0583. The Bertz CT molecular complexity index is 961. The number of nitrogens with one attached hydrogen (secondary N) is 1. The topological polar surface area (TPSA) is 82.6 Å². The molecule has 0 unspecified atom stereocenters. The molecule has 0 atom stereocenters. The lowest BCUT2D eigenvalue weighted by Crippen LogP contribution is -2.62. The Morgan fingerprint density at radius 1 is 1.14 bits per heavy atom. The summed E-state index contributed by atoms with van der Waals surface area (Å²) in [7, 11) is -3.15. The van der Waals surface area contributed by atoms with E-state index in [1.807, 2.05) is 23.1 Å². The molecule has 1 spiro atoms. The number of carbonyl (C=O) groups is 1. The first kappa shape index (κ1) is 19.8. The molecule has 2 amide bonds. The van der Waals surface area contributed by atoms with Gasteiger partial charge in [0.05, 0.1) is 16.8 Å². The van der Waals surface area contributed by atoms with Gasteiger partial charge in [0.1, 0.15) is 0 Å². The van der Waals surface area contributed by atoms with E-state index in [1.165, 1.54) is 6.26 Å². The molecular formula is C21H26N4O3S. The molecule has 0 saturated carbocycles. The number of hydrogen-bond acceptors (Lipinski definition) is 5. The molecule has 2 aliphatic heterocycles. The maximum atomic E-state index is 12.4. The monoisotopic (exact) mass is 414 g/mol. The number of aromatic nitrogens is 1. The summed E-state index contributed by atoms with van der Waals surface area (Å²) in [5.41, 5.74) is 2.08. The summed E-state index contributed by atoms with van der Waals surface area (Å²) >= 11 is 0. The standard InChI is InChI=1S/C21H26N4O3S/c1-29(27,28)19-6-4-17(5-7-19)14-24-11-8-21(9-12-24)15-25(16-21)20(26)23-18-3-2-10-22-13-18/h2-7,10,13H,8-9,11-12,14-16H2,1H3,(H,23,26). The van der Waals surface area contributed by atoms with Gasteiger partial charge < -0.3 is 10.2 Å². The van der Waals surface area contributed by atoms with Crippen LogP contribution in [-0.2, 0) is 16.4 Å². The number of benzene rings is 1. The largest absolute Gasteiger partial charge is 0.323 e. The highest BCUT2D eigenvalue weighted by Crippen LogP contribution is 2.40. The van der Waals surface area contributed by atoms with E-state index in [4.69, 9.17) is 0 Å². The zero-order valence-electron chi connectivity index (χ0n) is 16.5. The second-order valence-corrected chi connectivity index (χ2v) is 10.2. The Hall–Kier alpha value is -2.45. The molecule has 29 heavy (non-hydrogen) atoms. The van der Waals surface area contributed by atoms with Crippen LogP contribution in [0.2, 0.25) is 0 Å². The van der Waals surface area contributed by atoms with Crippen LogP contribution in [0.4, 0.5) is 10.5 Å². The molecule has 1 aromatic heterocycles. The number of carbonyl (C=O) groups excluding carboxylic acids is 1. The summed E-state index contributed by atoms with van der Waals surface area (Å²) in [6.45, 7) is 4.41. The molecule has 1 aromatic carbocycles. The average molecular weight is 415 g/mol. The number of urea groups is 1. The van der Waals surface area contributed by atoms with Crippen LogP contribution in [0.25, 0.3) is 0 Å². The van der Waals surface area contributed by atoms with Crippen LogP contribution >= 0.6 is 0 Å². The lowest BCUT2D eigenvalue weighted by atomic mass is 9.72. The maximum absolute atomic E-state index is 12.4. The smallest absolute Gasteiger partial charge is 0.321 e. The van der Waals surface area contributed by atoms with Gasteiger partial charge in [-0.25, -0.2) is 13.2 Å². The molecule has 8 heteroatoms. The lowest BCUT2D eigenvalue weighted by molar-refractivity contribution is -0.0200. The van der Waals surface area contributed by atoms with Crippen molar-refractivity contribution in [2.75, 3.05) is 37.8 Å². The predicted molar refractivity (Wildman–Crippen MR) is 111 cm³/mol. The molecular weight excluding hydrogens is 388 g/mol. The van der Waals surface area contributed by atoms with Gasteiger partial charge in [-0.1, -0.05) is 12.1 Å². The fraction of sp³-hybridized carbons (Fsp3) is 0.429. The van der Waals surface area contributed by atoms with Crippen LogP contribution in [-0.4, -0.2) is 61.7 Å². The Labute approximate surface area is 171 Å². The van der Waals surface area contributed by atoms with Crippen molar-refractivity contribution in [3.8, 4) is 0 Å². The number of hydrogen-bond donors (Lipinski definition) is 1. The van der Waals surface area contributed by atoms with E-state index >= 15 is 0 Å². The highest BCUT2D eigenvalue weighted by Gasteiger charge is 2.46. The van der Waals surface area contributed by atoms with Gasteiger partial charge in [-0.15, -0.1) is 0 Å². The summed E-state index contributed by atoms with van der Waals surface area (Å²) in [4.78, 5) is 21.0. The molecule has 0 radical (unpaired) electrons. The number of piperidine rings is 1. The number of amides is 2. The minimum atomic E-state index is -3.15. The number of anilines is 1. The Balaban J connectivity index is 1.24. The molecule has 7 nitrogen and oxygen atoms in total. The first-order valence-corrected chi connectivity index (χ1v) is 11.7. The number of likely N-dealkylation sites (tertiary alicyclic amines) is 2. The normalized spacial score (nSPS) is 19.0. The van der Waals surface area contributed by atoms with Crippen molar-refractivity contribution in [2.45, 2.75) is 24.3 Å². The molecule has 2 saturated heterocycles. The van der Waals surface area contributed by atoms with E-state index in [-0.39, 0.29) is 11.4 Å². The number of sulfone groups is 1. The molecule has 1 N–H and O–H groups in total. The van der Waals surface area contributed by atoms with Gasteiger partial charge in [-0.3, -0.25) is 9.88 Å². The molecule has 4 rings (SSSR count). The summed E-state index contributed by atoms with van der Waals surface area (Å²) in [5.74, 6) is 0. The Kier molecular flexibility index (Phi) is 5.31. The van der Waals surface area contributed by atoms with Gasteiger partial charge in [-0.2, -0.15) is 0 Å². The third-order valence-electron chi connectivity index (χ3n) is 5.93. The summed E-state index contributed by atoms with van der Waals surface area (Å²) in [5, 5.41) is 2.89. The quantitative estimate of drug-likeness (QED) is 0.832. The van der Waals surface area contributed by atoms with E-state index in [1.54, 1.807) is 30.6 Å². The van der Waals surface area contributed by atoms with Crippen molar-refractivity contribution in [1.82, 2.24) is 14.8 Å². The summed E-state index contributed by atoms with van der Waals surface area (Å²) in [6.07, 6.45) is 6.71. The number of rotatable bonds is 4. The second kappa shape index (κ2) is 7.76. The molecule has 0 bridgehead atoms. The predicted octanol–water partition coefficient (Wildman–Crippen LogP) is 2.62. The van der Waals surface area contributed by atoms with Crippen LogP contribution < -0.4 is 5.32 Å². The average Bonchev–Trinajstić information content (AvgIpc) is 2.67. The van der Waals surface area contributed by atoms with Crippen molar-refractivity contribution in [2.24, 2.45) is 5.41 Å². The van der Waals surface area contributed by atoms with Crippen LogP contribution in [0.3, 0.4) is 0 Å². The molecule has 154 valence electrons. The Morgan fingerprint density at radius 2 is 1.83 bits per heavy atom. The van der Waals surface area contributed by atoms with E-state index in [9.17, 15) is 13.2 Å². The maximum Gasteiger partial charge on any atom is 0.321 e. The van der Waals surface area contributed by atoms with Gasteiger partial charge >= 0.3 is 6.03 Å². The first-order valence-electron chi connectivity index (χ1n) is 9.80. The van der Waals surface area contributed by atoms with Crippen molar-refractivity contribution >= 4 is 21.6 Å². The summed E-state index contributed by atoms with van der Waals surface area (Å²) in [6, 6.07) is 10.7. The van der Waals surface area contributed by atoms with Crippen molar-refractivity contribution in [3.05, 3.63) is 54.4 Å². The first-order chi connectivity index (χ1) is 13.8. The molecule has 0 aliphatic carbocycles. The van der Waals surface area contributed by atoms with Crippen LogP contribution in [0.15, 0.2) is 53.7 Å². The zero-order valence-corrected chi connectivity index (χ0v) is 17.4. The van der Waals surface area contributed by atoms with Gasteiger partial charge in [0.15, 0.2) is 9.84 Å². The van der Waals surface area contributed by atoms with Crippen LogP contribution in [0.5, 0.6) is 0 Å². The number of pyridine rings is 1. The third kappa shape index (κ3) is 4.59. The van der Waals surface area contributed by atoms with Crippen molar-refractivity contribution in [1.29, 1.82) is 0 Å². The van der Waals surface area contributed by atoms with E-state index in [0.717, 1.165) is 56.8 Å². The minimum Gasteiger partial charge on any atom is -0.323 e. The fourth-order valence-electron chi connectivity index (χ4n) is 4.15. The van der Waals surface area contributed by atoms with E-state index in [2.05, 4.69) is 15.2 Å². The molecule has 2 aliphatic rings. The van der Waals surface area contributed by atoms with Gasteiger partial charge in [-0.05, 0) is 55.8 Å². The fourth-order valence-corrected chi connectivity index (χ4v) is 4.78. The third-order valence-corrected chi connectivity index (χ3v) is 7.06. The molecule has 3 heterocycles. The number of nitrogens with zero attached hydrogens (tertiary/aromatic N) is 3. The van der Waals surface area contributed by atoms with Crippen molar-refractivity contribution < 1.29 is 13.2 Å². The van der Waals surface area contributed by atoms with E-state index in [0.29, 0.717) is 4.90 Å². The molecule has 2 fully saturated rings.